The van der Waals surface area contributed by atoms with Crippen LogP contribution in [0.2, 0.25) is 0 Å². The maximum absolute atomic E-state index is 9.89. The Hall–Kier alpha value is -4.90. The fraction of sp³-hybridized carbons (Fsp3) is 0.179. The Morgan fingerprint density at radius 2 is 1.41 bits per heavy atom. The Kier molecular flexibility index (Phi) is 10.4. The molecule has 0 radical (unpaired) electrons. The summed E-state index contributed by atoms with van der Waals surface area (Å²) in [6.45, 7) is 2.24. The van der Waals surface area contributed by atoms with Crippen molar-refractivity contribution in [2.24, 2.45) is 10.2 Å². The molecule has 2 aromatic heterocycles. The number of thiophene rings is 1. The first kappa shape index (κ1) is 31.1. The Labute approximate surface area is 278 Å². The second-order valence-corrected chi connectivity index (χ2v) is 13.1. The second kappa shape index (κ2) is 15.4. The van der Waals surface area contributed by atoms with Crippen LogP contribution in [0.25, 0.3) is 21.2 Å². The van der Waals surface area contributed by atoms with Gasteiger partial charge >= 0.3 is 0 Å². The lowest BCUT2D eigenvalue weighted by Crippen LogP contribution is -2.09. The van der Waals surface area contributed by atoms with Gasteiger partial charge in [0.15, 0.2) is 0 Å². The first-order valence-electron chi connectivity index (χ1n) is 15.7. The molecule has 0 amide bonds. The molecule has 0 saturated heterocycles. The van der Waals surface area contributed by atoms with E-state index in [0.29, 0.717) is 10.7 Å². The van der Waals surface area contributed by atoms with Crippen LogP contribution in [0.5, 0.6) is 0 Å². The summed E-state index contributed by atoms with van der Waals surface area (Å²) in [6, 6.07) is 41.6. The molecule has 0 N–H and O–H groups in total. The monoisotopic (exact) mass is 637 g/mol. The van der Waals surface area contributed by atoms with Crippen LogP contribution in [0.4, 0.5) is 27.9 Å². The molecule has 0 aliphatic rings. The molecule has 4 aromatic carbocycles. The molecular weight excluding hydrogens is 603 g/mol. The molecule has 0 spiro atoms. The van der Waals surface area contributed by atoms with Gasteiger partial charge in [0.1, 0.15) is 4.83 Å². The summed E-state index contributed by atoms with van der Waals surface area (Å²) in [4.78, 5) is 8.81. The zero-order chi connectivity index (χ0) is 31.6. The lowest BCUT2D eigenvalue weighted by atomic mass is 10.0. The van der Waals surface area contributed by atoms with Crippen LogP contribution in [-0.2, 0) is 6.42 Å². The Balaban J connectivity index is 1.12. The molecule has 0 saturated carbocycles. The van der Waals surface area contributed by atoms with Crippen molar-refractivity contribution >= 4 is 71.7 Å². The Morgan fingerprint density at radius 1 is 0.761 bits per heavy atom. The summed E-state index contributed by atoms with van der Waals surface area (Å²) in [5.41, 5.74) is 6.90. The molecule has 0 fully saturated rings. The third-order valence-corrected chi connectivity index (χ3v) is 9.72. The molecule has 5 nitrogen and oxygen atoms in total. The Morgan fingerprint density at radius 3 is 2.04 bits per heavy atom. The van der Waals surface area contributed by atoms with E-state index in [-0.39, 0.29) is 0 Å². The van der Waals surface area contributed by atoms with Crippen molar-refractivity contribution in [2.75, 3.05) is 4.90 Å². The van der Waals surface area contributed by atoms with Crippen molar-refractivity contribution in [2.45, 2.75) is 45.4 Å². The maximum Gasteiger partial charge on any atom is 0.231 e. The van der Waals surface area contributed by atoms with Crippen molar-refractivity contribution in [3.8, 4) is 6.07 Å². The van der Waals surface area contributed by atoms with E-state index < -0.39 is 0 Å². The highest BCUT2D eigenvalue weighted by Crippen LogP contribution is 2.38. The molecule has 2 heterocycles. The van der Waals surface area contributed by atoms with Crippen LogP contribution < -0.4 is 4.90 Å². The molecular formula is C39H35N5S2. The van der Waals surface area contributed by atoms with E-state index in [9.17, 15) is 5.26 Å². The number of hydrogen-bond donors (Lipinski definition) is 0. The number of fused-ring (bicyclic) bond motifs is 1. The number of anilines is 3. The van der Waals surface area contributed by atoms with Crippen LogP contribution in [-0.4, -0.2) is 4.98 Å². The van der Waals surface area contributed by atoms with E-state index in [0.717, 1.165) is 49.1 Å². The van der Waals surface area contributed by atoms with Gasteiger partial charge in [-0.15, -0.1) is 21.6 Å². The lowest BCUT2D eigenvalue weighted by Gasteiger charge is -2.25. The molecule has 228 valence electrons. The number of thiazole rings is 1. The number of nitriles is 1. The first-order valence-corrected chi connectivity index (χ1v) is 17.4. The van der Waals surface area contributed by atoms with Crippen LogP contribution >= 0.6 is 22.7 Å². The fourth-order valence-electron chi connectivity index (χ4n) is 5.33. The van der Waals surface area contributed by atoms with E-state index in [1.807, 2.05) is 54.6 Å². The molecule has 0 unspecified atom stereocenters. The molecule has 6 aromatic rings. The summed E-state index contributed by atoms with van der Waals surface area (Å²) in [5, 5.41) is 19.4. The van der Waals surface area contributed by atoms with Gasteiger partial charge in [-0.3, -0.25) is 0 Å². The summed E-state index contributed by atoms with van der Waals surface area (Å²) in [7, 11) is 0. The number of allylic oxidation sites excluding steroid dienone is 1. The number of benzene rings is 4. The number of rotatable bonds is 13. The third kappa shape index (κ3) is 7.84. The molecule has 7 heteroatoms. The first-order chi connectivity index (χ1) is 22.7. The average molecular weight is 638 g/mol. The number of para-hydroxylation sites is 2. The van der Waals surface area contributed by atoms with Gasteiger partial charge in [-0.1, -0.05) is 105 Å². The number of nitrogens with zero attached hydrogens (tertiary/aromatic N) is 5. The van der Waals surface area contributed by atoms with E-state index in [1.165, 1.54) is 49.0 Å². The van der Waals surface area contributed by atoms with Gasteiger partial charge in [-0.25, -0.2) is 4.98 Å². The normalized spacial score (nSPS) is 11.7. The lowest BCUT2D eigenvalue weighted by molar-refractivity contribution is 0.632. The van der Waals surface area contributed by atoms with E-state index in [1.54, 1.807) is 11.3 Å². The van der Waals surface area contributed by atoms with Crippen molar-refractivity contribution in [1.29, 1.82) is 5.26 Å². The summed E-state index contributed by atoms with van der Waals surface area (Å²) in [5.74, 6) is 0. The molecule has 46 heavy (non-hydrogen) atoms. The van der Waals surface area contributed by atoms with Gasteiger partial charge in [0.05, 0.1) is 22.0 Å². The van der Waals surface area contributed by atoms with E-state index in [2.05, 4.69) is 94.9 Å². The number of unbranched alkanes of at least 4 members (excludes halogenated alkanes) is 4. The quantitative estimate of drug-likeness (QED) is 0.0719. The van der Waals surface area contributed by atoms with Crippen LogP contribution in [0.15, 0.2) is 125 Å². The number of azo groups is 1. The highest BCUT2D eigenvalue weighted by Gasteiger charge is 2.12. The summed E-state index contributed by atoms with van der Waals surface area (Å²) >= 11 is 3.07. The maximum atomic E-state index is 9.89. The number of aryl methyl sites for hydroxylation is 1. The minimum atomic E-state index is 0.613. The zero-order valence-electron chi connectivity index (χ0n) is 25.8. The topological polar surface area (TPSA) is 64.6 Å². The minimum absolute atomic E-state index is 0.613. The van der Waals surface area contributed by atoms with Crippen LogP contribution in [0, 0.1) is 11.3 Å². The zero-order valence-corrected chi connectivity index (χ0v) is 27.5. The van der Waals surface area contributed by atoms with Gasteiger partial charge in [-0.2, -0.15) is 5.26 Å². The van der Waals surface area contributed by atoms with Gasteiger partial charge in [-0.05, 0) is 84.6 Å². The van der Waals surface area contributed by atoms with Crippen molar-refractivity contribution in [3.63, 3.8) is 0 Å². The van der Waals surface area contributed by atoms with Gasteiger partial charge in [0.2, 0.25) is 5.13 Å². The van der Waals surface area contributed by atoms with Gasteiger partial charge < -0.3 is 4.90 Å². The SMILES string of the molecule is CCCCCCCc1ccc(/C(C#N)=C/c2cc3sc(N=Nc4ccc(N(c5ccccc5)c5ccccc5)cc4)nc3s2)cc1. The van der Waals surface area contributed by atoms with Crippen molar-refractivity contribution < 1.29 is 0 Å². The highest BCUT2D eigenvalue weighted by atomic mass is 32.1. The smallest absolute Gasteiger partial charge is 0.231 e. The standard InChI is InChI=1S/C39H35N5S2/c1-2-3-4-5-8-13-29-18-20-30(21-19-29)31(28-40)26-36-27-37-38(45-36)41-39(46-37)43-42-32-22-24-35(25-23-32)44(33-14-9-6-10-15-33)34-16-11-7-12-17-34/h6-7,9-12,14-27H,2-5,8,13H2,1H3/b31-26+,43-42?. The van der Waals surface area contributed by atoms with Crippen LogP contribution in [0.1, 0.15) is 55.0 Å². The predicted molar refractivity (Wildman–Crippen MR) is 195 cm³/mol. The molecule has 0 aliphatic heterocycles. The van der Waals surface area contributed by atoms with Crippen LogP contribution in [0.3, 0.4) is 0 Å². The second-order valence-electron chi connectivity index (χ2n) is 11.1. The third-order valence-electron chi connectivity index (χ3n) is 7.73. The molecule has 0 bridgehead atoms. The largest absolute Gasteiger partial charge is 0.311 e. The van der Waals surface area contributed by atoms with E-state index in [4.69, 9.17) is 4.98 Å². The Bertz CT molecular complexity index is 1880. The number of hydrogen-bond acceptors (Lipinski definition) is 7. The van der Waals surface area contributed by atoms with E-state index >= 15 is 0 Å². The predicted octanol–water partition coefficient (Wildman–Crippen LogP) is 12.8. The minimum Gasteiger partial charge on any atom is -0.311 e. The highest BCUT2D eigenvalue weighted by molar-refractivity contribution is 7.29. The number of aromatic nitrogens is 1. The summed E-state index contributed by atoms with van der Waals surface area (Å²) < 4.78 is 1.04. The van der Waals surface area contributed by atoms with Gasteiger partial charge in [0, 0.05) is 21.9 Å². The van der Waals surface area contributed by atoms with Crippen molar-refractivity contribution in [3.05, 3.63) is 131 Å². The van der Waals surface area contributed by atoms with Crippen molar-refractivity contribution in [1.82, 2.24) is 4.98 Å². The van der Waals surface area contributed by atoms with Gasteiger partial charge in [0.25, 0.3) is 0 Å². The fourth-order valence-corrected chi connectivity index (χ4v) is 7.32. The average Bonchev–Trinajstić information content (AvgIpc) is 3.67. The molecule has 0 atom stereocenters. The molecule has 0 aliphatic carbocycles. The summed E-state index contributed by atoms with van der Waals surface area (Å²) in [6.07, 6.45) is 9.44. The molecule has 6 rings (SSSR count).